The molecular formula is C16H26N2O. The van der Waals surface area contributed by atoms with E-state index >= 15 is 0 Å². The number of benzene rings is 1. The Kier molecular flexibility index (Phi) is 5.23. The number of ether oxygens (including phenoxy) is 1. The molecule has 0 aliphatic heterocycles. The molecule has 3 nitrogen and oxygen atoms in total. The molecule has 1 aliphatic rings. The molecular weight excluding hydrogens is 236 g/mol. The maximum atomic E-state index is 5.49. The monoisotopic (exact) mass is 262 g/mol. The fourth-order valence-electron chi connectivity index (χ4n) is 2.56. The van der Waals surface area contributed by atoms with Crippen LogP contribution < -0.4 is 10.1 Å². The van der Waals surface area contributed by atoms with Crippen LogP contribution in [0.25, 0.3) is 0 Å². The predicted molar refractivity (Wildman–Crippen MR) is 79.5 cm³/mol. The van der Waals surface area contributed by atoms with Gasteiger partial charge < -0.3 is 10.1 Å². The molecule has 0 spiro atoms. The van der Waals surface area contributed by atoms with Gasteiger partial charge in [-0.1, -0.05) is 19.4 Å². The van der Waals surface area contributed by atoms with Crippen molar-refractivity contribution in [3.63, 3.8) is 0 Å². The summed E-state index contributed by atoms with van der Waals surface area (Å²) in [6.45, 7) is 5.05. The average Bonchev–Trinajstić information content (AvgIpc) is 2.34. The number of nitrogens with zero attached hydrogens (tertiary/aromatic N) is 1. The van der Waals surface area contributed by atoms with Crippen LogP contribution in [-0.4, -0.2) is 31.6 Å². The highest BCUT2D eigenvalue weighted by Gasteiger charge is 2.22. The number of rotatable bonds is 7. The molecule has 0 atom stereocenters. The van der Waals surface area contributed by atoms with Crippen molar-refractivity contribution >= 4 is 0 Å². The van der Waals surface area contributed by atoms with E-state index in [-0.39, 0.29) is 0 Å². The Bertz CT molecular complexity index is 402. The Morgan fingerprint density at radius 3 is 2.74 bits per heavy atom. The Morgan fingerprint density at radius 1 is 1.37 bits per heavy atom. The van der Waals surface area contributed by atoms with E-state index in [4.69, 9.17) is 4.74 Å². The second kappa shape index (κ2) is 6.92. The van der Waals surface area contributed by atoms with Gasteiger partial charge in [0.25, 0.3) is 0 Å². The summed E-state index contributed by atoms with van der Waals surface area (Å²) in [5.74, 6) is 1.01. The maximum Gasteiger partial charge on any atom is 0.123 e. The predicted octanol–water partition coefficient (Wildman–Crippen LogP) is 2.79. The fraction of sp³-hybridized carbons (Fsp3) is 0.625. The lowest BCUT2D eigenvalue weighted by molar-refractivity contribution is 0.151. The smallest absolute Gasteiger partial charge is 0.123 e. The summed E-state index contributed by atoms with van der Waals surface area (Å²) in [5, 5.41) is 3.37. The molecule has 0 unspecified atom stereocenters. The molecule has 0 saturated heterocycles. The van der Waals surface area contributed by atoms with Crippen LogP contribution in [-0.2, 0) is 13.1 Å². The van der Waals surface area contributed by atoms with Crippen LogP contribution in [0.4, 0.5) is 0 Å². The van der Waals surface area contributed by atoms with Crippen molar-refractivity contribution in [1.82, 2.24) is 10.2 Å². The zero-order valence-electron chi connectivity index (χ0n) is 12.4. The molecule has 106 valence electrons. The number of nitrogens with one attached hydrogen (secondary N) is 1. The zero-order valence-corrected chi connectivity index (χ0v) is 12.4. The van der Waals surface area contributed by atoms with E-state index in [1.54, 1.807) is 7.11 Å². The summed E-state index contributed by atoms with van der Waals surface area (Å²) in [4.78, 5) is 2.46. The molecule has 0 amide bonds. The van der Waals surface area contributed by atoms with Crippen molar-refractivity contribution in [3.8, 4) is 5.75 Å². The quantitative estimate of drug-likeness (QED) is 0.818. The van der Waals surface area contributed by atoms with Gasteiger partial charge in [-0.25, -0.2) is 0 Å². The van der Waals surface area contributed by atoms with Gasteiger partial charge in [0, 0.05) is 24.7 Å². The molecule has 1 aromatic rings. The average molecular weight is 262 g/mol. The first-order valence-corrected chi connectivity index (χ1v) is 7.31. The van der Waals surface area contributed by atoms with Gasteiger partial charge in [0.05, 0.1) is 7.11 Å². The summed E-state index contributed by atoms with van der Waals surface area (Å²) in [5.41, 5.74) is 2.63. The SMILES string of the molecule is CCNCc1ccc(OC)c(CN(C)C2CCC2)c1. The Hall–Kier alpha value is -1.06. The summed E-state index contributed by atoms with van der Waals surface area (Å²) in [6, 6.07) is 7.28. The molecule has 0 aromatic heterocycles. The number of hydrogen-bond acceptors (Lipinski definition) is 3. The molecule has 19 heavy (non-hydrogen) atoms. The fourth-order valence-corrected chi connectivity index (χ4v) is 2.56. The molecule has 1 N–H and O–H groups in total. The largest absolute Gasteiger partial charge is 0.496 e. The van der Waals surface area contributed by atoms with Crippen LogP contribution in [0.15, 0.2) is 18.2 Å². The van der Waals surface area contributed by atoms with Crippen molar-refractivity contribution in [2.24, 2.45) is 0 Å². The highest BCUT2D eigenvalue weighted by Crippen LogP contribution is 2.27. The summed E-state index contributed by atoms with van der Waals surface area (Å²) in [6.07, 6.45) is 4.07. The van der Waals surface area contributed by atoms with Crippen LogP contribution in [0.1, 0.15) is 37.3 Å². The molecule has 0 radical (unpaired) electrons. The molecule has 3 heteroatoms. The van der Waals surface area contributed by atoms with Gasteiger partial charge in [0.1, 0.15) is 5.75 Å². The summed E-state index contributed by atoms with van der Waals surface area (Å²) < 4.78 is 5.49. The first kappa shape index (κ1) is 14.4. The van der Waals surface area contributed by atoms with Crippen molar-refractivity contribution in [2.75, 3.05) is 20.7 Å². The van der Waals surface area contributed by atoms with Gasteiger partial charge in [-0.15, -0.1) is 0 Å². The van der Waals surface area contributed by atoms with Gasteiger partial charge in [-0.3, -0.25) is 4.90 Å². The summed E-state index contributed by atoms with van der Waals surface area (Å²) >= 11 is 0. The maximum absolute atomic E-state index is 5.49. The van der Waals surface area contributed by atoms with E-state index in [2.05, 4.69) is 42.4 Å². The van der Waals surface area contributed by atoms with E-state index < -0.39 is 0 Å². The van der Waals surface area contributed by atoms with Crippen molar-refractivity contribution < 1.29 is 4.74 Å². The van der Waals surface area contributed by atoms with Gasteiger partial charge >= 0.3 is 0 Å². The van der Waals surface area contributed by atoms with E-state index in [9.17, 15) is 0 Å². The summed E-state index contributed by atoms with van der Waals surface area (Å²) in [7, 11) is 3.98. The molecule has 0 heterocycles. The minimum atomic E-state index is 0.766. The van der Waals surface area contributed by atoms with Crippen molar-refractivity contribution in [2.45, 2.75) is 45.3 Å². The third-order valence-electron chi connectivity index (χ3n) is 4.04. The van der Waals surface area contributed by atoms with Gasteiger partial charge in [-0.2, -0.15) is 0 Å². The third-order valence-corrected chi connectivity index (χ3v) is 4.04. The van der Waals surface area contributed by atoms with Gasteiger partial charge in [0.2, 0.25) is 0 Å². The topological polar surface area (TPSA) is 24.5 Å². The lowest BCUT2D eigenvalue weighted by Crippen LogP contribution is -2.36. The molecule has 1 aliphatic carbocycles. The second-order valence-electron chi connectivity index (χ2n) is 5.43. The molecule has 1 saturated carbocycles. The van der Waals surface area contributed by atoms with E-state index in [1.165, 1.54) is 30.4 Å². The van der Waals surface area contributed by atoms with E-state index in [0.717, 1.165) is 31.4 Å². The Balaban J connectivity index is 2.06. The molecule has 2 rings (SSSR count). The van der Waals surface area contributed by atoms with Crippen LogP contribution in [0, 0.1) is 0 Å². The highest BCUT2D eigenvalue weighted by atomic mass is 16.5. The Labute approximate surface area is 116 Å². The van der Waals surface area contributed by atoms with Gasteiger partial charge in [-0.05, 0) is 44.1 Å². The minimum absolute atomic E-state index is 0.766. The molecule has 1 fully saturated rings. The lowest BCUT2D eigenvalue weighted by Gasteiger charge is -2.35. The lowest BCUT2D eigenvalue weighted by atomic mass is 9.91. The highest BCUT2D eigenvalue weighted by molar-refractivity contribution is 5.37. The third kappa shape index (κ3) is 3.71. The first-order chi connectivity index (χ1) is 9.24. The molecule has 0 bridgehead atoms. The zero-order chi connectivity index (χ0) is 13.7. The van der Waals surface area contributed by atoms with Gasteiger partial charge in [0.15, 0.2) is 0 Å². The van der Waals surface area contributed by atoms with E-state index in [0.29, 0.717) is 0 Å². The van der Waals surface area contributed by atoms with E-state index in [1.807, 2.05) is 0 Å². The van der Waals surface area contributed by atoms with Crippen LogP contribution in [0.3, 0.4) is 0 Å². The van der Waals surface area contributed by atoms with Crippen LogP contribution >= 0.6 is 0 Å². The second-order valence-corrected chi connectivity index (χ2v) is 5.43. The van der Waals surface area contributed by atoms with Crippen LogP contribution in [0.5, 0.6) is 5.75 Å². The number of hydrogen-bond donors (Lipinski definition) is 1. The minimum Gasteiger partial charge on any atom is -0.496 e. The number of methoxy groups -OCH3 is 1. The standard InChI is InChI=1S/C16H26N2O/c1-4-17-11-13-8-9-16(19-3)14(10-13)12-18(2)15-6-5-7-15/h8-10,15,17H,4-7,11-12H2,1-3H3. The normalized spacial score (nSPS) is 15.6. The first-order valence-electron chi connectivity index (χ1n) is 7.31. The molecule has 1 aromatic carbocycles. The van der Waals surface area contributed by atoms with Crippen LogP contribution in [0.2, 0.25) is 0 Å². The van der Waals surface area contributed by atoms with Crippen molar-refractivity contribution in [1.29, 1.82) is 0 Å². The van der Waals surface area contributed by atoms with Crippen molar-refractivity contribution in [3.05, 3.63) is 29.3 Å². The Morgan fingerprint density at radius 2 is 2.16 bits per heavy atom.